The van der Waals surface area contributed by atoms with Crippen LogP contribution in [0.15, 0.2) is 41.2 Å². The van der Waals surface area contributed by atoms with Crippen LogP contribution in [0.25, 0.3) is 11.1 Å². The maximum Gasteiger partial charge on any atom is 0.336 e. The predicted molar refractivity (Wildman–Crippen MR) is 48.9 cm³/mol. The van der Waals surface area contributed by atoms with E-state index in [2.05, 4.69) is 9.68 Å². The number of aromatic carboxylic acids is 1. The summed E-state index contributed by atoms with van der Waals surface area (Å²) in [7, 11) is 0. The van der Waals surface area contributed by atoms with Gasteiger partial charge in [-0.05, 0) is 6.07 Å². The van der Waals surface area contributed by atoms with Gasteiger partial charge in [-0.1, -0.05) is 23.4 Å². The van der Waals surface area contributed by atoms with Crippen molar-refractivity contribution in [1.82, 2.24) is 5.16 Å². The molecule has 2 rings (SSSR count). The topological polar surface area (TPSA) is 63.3 Å². The summed E-state index contributed by atoms with van der Waals surface area (Å²) in [5.74, 6) is -0.957. The first kappa shape index (κ1) is 8.50. The number of hydrogen-bond acceptors (Lipinski definition) is 3. The van der Waals surface area contributed by atoms with Gasteiger partial charge in [-0.2, -0.15) is 0 Å². The zero-order valence-corrected chi connectivity index (χ0v) is 7.18. The zero-order chi connectivity index (χ0) is 9.97. The average molecular weight is 189 g/mol. The molecular formula is C10H7NO3. The second kappa shape index (κ2) is 3.33. The first-order valence-corrected chi connectivity index (χ1v) is 4.01. The number of benzene rings is 1. The lowest BCUT2D eigenvalue weighted by molar-refractivity contribution is 0.0698. The molecule has 0 spiro atoms. The molecule has 1 heterocycles. The second-order valence-corrected chi connectivity index (χ2v) is 2.76. The molecule has 0 fully saturated rings. The van der Waals surface area contributed by atoms with Crippen molar-refractivity contribution in [3.05, 3.63) is 42.3 Å². The third-order valence-electron chi connectivity index (χ3n) is 1.90. The lowest BCUT2D eigenvalue weighted by Crippen LogP contribution is -1.98. The highest BCUT2D eigenvalue weighted by molar-refractivity contribution is 5.95. The van der Waals surface area contributed by atoms with Crippen molar-refractivity contribution in [2.24, 2.45) is 0 Å². The quantitative estimate of drug-likeness (QED) is 0.785. The molecule has 0 aliphatic carbocycles. The van der Waals surface area contributed by atoms with E-state index in [1.54, 1.807) is 24.3 Å². The molecule has 0 atom stereocenters. The summed E-state index contributed by atoms with van der Waals surface area (Å²) in [4.78, 5) is 10.9. The van der Waals surface area contributed by atoms with Crippen molar-refractivity contribution >= 4 is 5.97 Å². The maximum atomic E-state index is 10.9. The average Bonchev–Trinajstić information content (AvgIpc) is 2.70. The third kappa shape index (κ3) is 1.37. The van der Waals surface area contributed by atoms with Gasteiger partial charge in [-0.25, -0.2) is 4.79 Å². The third-order valence-corrected chi connectivity index (χ3v) is 1.90. The predicted octanol–water partition coefficient (Wildman–Crippen LogP) is 2.04. The van der Waals surface area contributed by atoms with Gasteiger partial charge >= 0.3 is 5.97 Å². The maximum absolute atomic E-state index is 10.9. The fourth-order valence-electron chi connectivity index (χ4n) is 1.26. The standard InChI is InChI=1S/C10H7NO3/c12-10(13)9-4-2-1-3-8(9)7-5-11-14-6-7/h1-6H,(H,12,13). The molecule has 0 saturated heterocycles. The van der Waals surface area contributed by atoms with Crippen LogP contribution in [0.4, 0.5) is 0 Å². The van der Waals surface area contributed by atoms with Gasteiger partial charge in [0, 0.05) is 11.1 Å². The van der Waals surface area contributed by atoms with Gasteiger partial charge in [0.15, 0.2) is 0 Å². The van der Waals surface area contributed by atoms with Crippen LogP contribution >= 0.6 is 0 Å². The summed E-state index contributed by atoms with van der Waals surface area (Å²) in [5, 5.41) is 12.4. The zero-order valence-electron chi connectivity index (χ0n) is 7.18. The molecule has 0 aliphatic rings. The molecule has 1 N–H and O–H groups in total. The molecular weight excluding hydrogens is 182 g/mol. The summed E-state index contributed by atoms with van der Waals surface area (Å²) in [5.41, 5.74) is 1.53. The Labute approximate surface area is 79.8 Å². The lowest BCUT2D eigenvalue weighted by atomic mass is 10.0. The normalized spacial score (nSPS) is 10.0. The number of aromatic nitrogens is 1. The first-order valence-electron chi connectivity index (χ1n) is 4.01. The molecule has 0 saturated carbocycles. The Hall–Kier alpha value is -2.10. The summed E-state index contributed by atoms with van der Waals surface area (Å²) >= 11 is 0. The van der Waals surface area contributed by atoms with Gasteiger partial charge in [0.1, 0.15) is 6.26 Å². The highest BCUT2D eigenvalue weighted by atomic mass is 16.5. The molecule has 1 aromatic heterocycles. The Morgan fingerprint density at radius 3 is 2.79 bits per heavy atom. The van der Waals surface area contributed by atoms with E-state index in [0.29, 0.717) is 11.1 Å². The van der Waals surface area contributed by atoms with E-state index < -0.39 is 5.97 Å². The molecule has 0 aliphatic heterocycles. The van der Waals surface area contributed by atoms with Crippen molar-refractivity contribution in [3.63, 3.8) is 0 Å². The molecule has 4 nitrogen and oxygen atoms in total. The number of rotatable bonds is 2. The molecule has 2 aromatic rings. The number of carboxylic acids is 1. The first-order chi connectivity index (χ1) is 6.79. The van der Waals surface area contributed by atoms with Crippen LogP contribution in [-0.2, 0) is 0 Å². The van der Waals surface area contributed by atoms with E-state index in [4.69, 9.17) is 5.11 Å². The minimum Gasteiger partial charge on any atom is -0.478 e. The van der Waals surface area contributed by atoms with Crippen LogP contribution in [-0.4, -0.2) is 16.2 Å². The molecule has 0 amide bonds. The van der Waals surface area contributed by atoms with Crippen molar-refractivity contribution < 1.29 is 14.4 Å². The Kier molecular flexibility index (Phi) is 2.02. The Morgan fingerprint density at radius 2 is 2.14 bits per heavy atom. The van der Waals surface area contributed by atoms with Crippen LogP contribution in [0.5, 0.6) is 0 Å². The van der Waals surface area contributed by atoms with Crippen molar-refractivity contribution in [1.29, 1.82) is 0 Å². The van der Waals surface area contributed by atoms with Gasteiger partial charge in [-0.3, -0.25) is 0 Å². The fraction of sp³-hybridized carbons (Fsp3) is 0. The Bertz CT molecular complexity index is 448. The van der Waals surface area contributed by atoms with Crippen molar-refractivity contribution in [2.75, 3.05) is 0 Å². The van der Waals surface area contributed by atoms with E-state index >= 15 is 0 Å². The van der Waals surface area contributed by atoms with E-state index in [9.17, 15) is 4.79 Å². The summed E-state index contributed by atoms with van der Waals surface area (Å²) in [6, 6.07) is 6.72. The highest BCUT2D eigenvalue weighted by Gasteiger charge is 2.11. The van der Waals surface area contributed by atoms with Gasteiger partial charge < -0.3 is 9.63 Å². The second-order valence-electron chi connectivity index (χ2n) is 2.76. The van der Waals surface area contributed by atoms with Crippen molar-refractivity contribution in [2.45, 2.75) is 0 Å². The number of carboxylic acid groups (broad SMARTS) is 1. The Morgan fingerprint density at radius 1 is 1.36 bits per heavy atom. The molecule has 70 valence electrons. The van der Waals surface area contributed by atoms with Crippen LogP contribution < -0.4 is 0 Å². The SMILES string of the molecule is O=C(O)c1ccccc1-c1cnoc1. The number of hydrogen-bond donors (Lipinski definition) is 1. The fourth-order valence-corrected chi connectivity index (χ4v) is 1.26. The summed E-state index contributed by atoms with van der Waals surface area (Å²) in [6.45, 7) is 0. The number of nitrogens with zero attached hydrogens (tertiary/aromatic N) is 1. The minimum absolute atomic E-state index is 0.246. The van der Waals surface area contributed by atoms with E-state index in [1.807, 2.05) is 0 Å². The van der Waals surface area contributed by atoms with Gasteiger partial charge in [0.05, 0.1) is 11.8 Å². The smallest absolute Gasteiger partial charge is 0.336 e. The van der Waals surface area contributed by atoms with Crippen molar-refractivity contribution in [3.8, 4) is 11.1 Å². The Balaban J connectivity index is 2.58. The lowest BCUT2D eigenvalue weighted by Gasteiger charge is -2.00. The molecule has 0 unspecified atom stereocenters. The van der Waals surface area contributed by atoms with Gasteiger partial charge in [-0.15, -0.1) is 0 Å². The monoisotopic (exact) mass is 189 g/mol. The molecule has 0 bridgehead atoms. The number of carbonyl (C=O) groups is 1. The minimum atomic E-state index is -0.957. The molecule has 4 heteroatoms. The molecule has 14 heavy (non-hydrogen) atoms. The largest absolute Gasteiger partial charge is 0.478 e. The molecule has 0 radical (unpaired) electrons. The van der Waals surface area contributed by atoms with Crippen LogP contribution in [0.2, 0.25) is 0 Å². The van der Waals surface area contributed by atoms with Crippen LogP contribution in [0.1, 0.15) is 10.4 Å². The van der Waals surface area contributed by atoms with E-state index in [1.165, 1.54) is 12.5 Å². The van der Waals surface area contributed by atoms with Gasteiger partial charge in [0.2, 0.25) is 0 Å². The summed E-state index contributed by atoms with van der Waals surface area (Å²) < 4.78 is 4.66. The molecule has 1 aromatic carbocycles. The van der Waals surface area contributed by atoms with E-state index in [-0.39, 0.29) is 5.56 Å². The van der Waals surface area contributed by atoms with Crippen LogP contribution in [0, 0.1) is 0 Å². The van der Waals surface area contributed by atoms with Gasteiger partial charge in [0.25, 0.3) is 0 Å². The summed E-state index contributed by atoms with van der Waals surface area (Å²) in [6.07, 6.45) is 2.91. The van der Waals surface area contributed by atoms with Crippen LogP contribution in [0.3, 0.4) is 0 Å². The van der Waals surface area contributed by atoms with E-state index in [0.717, 1.165) is 0 Å². The highest BCUT2D eigenvalue weighted by Crippen LogP contribution is 2.22.